The molecular formula is C5H2F5O2-. The summed E-state index contributed by atoms with van der Waals surface area (Å²) in [6.45, 7) is 2.06. The molecule has 0 heterocycles. The number of carbonyl (C=O) groups excluding carboxylic acids is 1. The minimum absolute atomic E-state index is 2.06. The molecule has 12 heavy (non-hydrogen) atoms. The summed E-state index contributed by atoms with van der Waals surface area (Å²) < 4.78 is 57.9. The summed E-state index contributed by atoms with van der Waals surface area (Å²) in [5.41, 5.74) is -2.30. The molecule has 0 amide bonds. The van der Waals surface area contributed by atoms with Gasteiger partial charge in [-0.1, -0.05) is 6.58 Å². The minimum atomic E-state index is -5.95. The molecule has 0 bridgehead atoms. The molecule has 70 valence electrons. The Morgan fingerprint density at radius 1 is 1.17 bits per heavy atom. The summed E-state index contributed by atoms with van der Waals surface area (Å²) in [6.07, 6.45) is -5.95. The average Bonchev–Trinajstić information content (AvgIpc) is 1.83. The maximum Gasteiger partial charge on any atom is 0.458 e. The quantitative estimate of drug-likeness (QED) is 0.468. The van der Waals surface area contributed by atoms with Gasteiger partial charge in [-0.25, -0.2) is 0 Å². The van der Waals surface area contributed by atoms with Crippen LogP contribution in [0.1, 0.15) is 0 Å². The number of rotatable bonds is 2. The Morgan fingerprint density at radius 2 is 1.50 bits per heavy atom. The fourth-order valence-corrected chi connectivity index (χ4v) is 0.299. The van der Waals surface area contributed by atoms with Gasteiger partial charge in [-0.3, -0.25) is 0 Å². The van der Waals surface area contributed by atoms with Crippen LogP contribution in [-0.4, -0.2) is 18.1 Å². The van der Waals surface area contributed by atoms with Crippen LogP contribution in [0.4, 0.5) is 22.0 Å². The van der Waals surface area contributed by atoms with E-state index in [1.54, 1.807) is 0 Å². The summed E-state index contributed by atoms with van der Waals surface area (Å²) in [4.78, 5) is 9.60. The molecule has 2 nitrogen and oxygen atoms in total. The molecule has 0 rings (SSSR count). The molecule has 0 N–H and O–H groups in total. The Kier molecular flexibility index (Phi) is 2.46. The maximum absolute atomic E-state index is 11.9. The highest BCUT2D eigenvalue weighted by Crippen LogP contribution is 2.39. The lowest BCUT2D eigenvalue weighted by atomic mass is 10.1. The highest BCUT2D eigenvalue weighted by molar-refractivity contribution is 5.86. The number of carboxylic acids is 1. The molecule has 0 saturated carbocycles. The zero-order valence-electron chi connectivity index (χ0n) is 5.41. The minimum Gasteiger partial charge on any atom is -0.545 e. The van der Waals surface area contributed by atoms with Gasteiger partial charge in [-0.15, -0.1) is 0 Å². The van der Waals surface area contributed by atoms with Gasteiger partial charge < -0.3 is 9.90 Å². The first-order valence-corrected chi connectivity index (χ1v) is 2.46. The molecule has 0 radical (unpaired) electrons. The van der Waals surface area contributed by atoms with Gasteiger partial charge in [0.1, 0.15) is 0 Å². The second-order valence-electron chi connectivity index (χ2n) is 1.84. The van der Waals surface area contributed by atoms with E-state index in [0.717, 1.165) is 0 Å². The van der Waals surface area contributed by atoms with Gasteiger partial charge in [-0.05, 0) is 0 Å². The second-order valence-corrected chi connectivity index (χ2v) is 1.84. The fraction of sp³-hybridized carbons (Fsp3) is 0.400. The summed E-state index contributed by atoms with van der Waals surface area (Å²) in [7, 11) is 0. The van der Waals surface area contributed by atoms with Crippen LogP contribution in [0.15, 0.2) is 12.2 Å². The molecule has 0 saturated heterocycles. The van der Waals surface area contributed by atoms with Crippen LogP contribution in [0.5, 0.6) is 0 Å². The molecule has 0 aromatic carbocycles. The van der Waals surface area contributed by atoms with Crippen molar-refractivity contribution in [1.29, 1.82) is 0 Å². The lowest BCUT2D eigenvalue weighted by Crippen LogP contribution is -2.44. The zero-order chi connectivity index (χ0) is 10.2. The lowest BCUT2D eigenvalue weighted by molar-refractivity contribution is -0.312. The van der Waals surface area contributed by atoms with Crippen molar-refractivity contribution < 1.29 is 31.9 Å². The van der Waals surface area contributed by atoms with Gasteiger partial charge >= 0.3 is 12.1 Å². The van der Waals surface area contributed by atoms with Crippen LogP contribution in [0, 0.1) is 0 Å². The Balaban J connectivity index is 4.87. The highest BCUT2D eigenvalue weighted by Gasteiger charge is 2.59. The highest BCUT2D eigenvalue weighted by atomic mass is 19.4. The smallest absolute Gasteiger partial charge is 0.458 e. The summed E-state index contributed by atoms with van der Waals surface area (Å²) in [6, 6.07) is 0. The van der Waals surface area contributed by atoms with E-state index in [1.165, 1.54) is 0 Å². The summed E-state index contributed by atoms with van der Waals surface area (Å²) in [5, 5.41) is 9.60. The molecular weight excluding hydrogens is 187 g/mol. The van der Waals surface area contributed by atoms with E-state index in [-0.39, 0.29) is 0 Å². The summed E-state index contributed by atoms with van der Waals surface area (Å²) in [5.74, 6) is -8.07. The third kappa shape index (κ3) is 1.72. The van der Waals surface area contributed by atoms with Crippen molar-refractivity contribution in [2.75, 3.05) is 0 Å². The Bertz CT molecular complexity index is 216. The fourth-order valence-electron chi connectivity index (χ4n) is 0.299. The van der Waals surface area contributed by atoms with Gasteiger partial charge in [0.15, 0.2) is 0 Å². The van der Waals surface area contributed by atoms with Crippen molar-refractivity contribution in [1.82, 2.24) is 0 Å². The predicted octanol–water partition coefficient (Wildman–Crippen LogP) is 0.490. The van der Waals surface area contributed by atoms with Gasteiger partial charge in [0, 0.05) is 5.57 Å². The molecule has 0 aromatic heterocycles. The molecule has 0 atom stereocenters. The predicted molar refractivity (Wildman–Crippen MR) is 25.1 cm³/mol. The first-order valence-electron chi connectivity index (χ1n) is 2.46. The van der Waals surface area contributed by atoms with Gasteiger partial charge in [0.05, 0.1) is 5.97 Å². The molecule has 0 unspecified atom stereocenters. The maximum atomic E-state index is 11.9. The van der Waals surface area contributed by atoms with Crippen molar-refractivity contribution in [3.8, 4) is 0 Å². The second kappa shape index (κ2) is 2.72. The van der Waals surface area contributed by atoms with Crippen molar-refractivity contribution in [2.24, 2.45) is 0 Å². The summed E-state index contributed by atoms with van der Waals surface area (Å²) >= 11 is 0. The first kappa shape index (κ1) is 10.9. The number of carbonyl (C=O) groups is 1. The third-order valence-electron chi connectivity index (χ3n) is 0.981. The van der Waals surface area contributed by atoms with E-state index in [0.29, 0.717) is 0 Å². The molecule has 0 aliphatic carbocycles. The van der Waals surface area contributed by atoms with Crippen molar-refractivity contribution >= 4 is 5.97 Å². The number of alkyl halides is 5. The largest absolute Gasteiger partial charge is 0.545 e. The van der Waals surface area contributed by atoms with Crippen molar-refractivity contribution in [3.05, 3.63) is 12.2 Å². The molecule has 0 aliphatic rings. The van der Waals surface area contributed by atoms with E-state index in [2.05, 4.69) is 6.58 Å². The average molecular weight is 189 g/mol. The standard InChI is InChI=1S/C5H3F5O2/c1-2(3(11)12)4(6,7)5(8,9)10/h1H2,(H,11,12)/p-1. The molecule has 0 fully saturated rings. The molecule has 7 heteroatoms. The Morgan fingerprint density at radius 3 is 1.58 bits per heavy atom. The van der Waals surface area contributed by atoms with Crippen molar-refractivity contribution in [3.63, 3.8) is 0 Å². The van der Waals surface area contributed by atoms with E-state index in [9.17, 15) is 31.9 Å². The number of hydrogen-bond acceptors (Lipinski definition) is 2. The van der Waals surface area contributed by atoms with E-state index >= 15 is 0 Å². The molecule has 0 aliphatic heterocycles. The van der Waals surface area contributed by atoms with Crippen LogP contribution >= 0.6 is 0 Å². The van der Waals surface area contributed by atoms with Crippen LogP contribution in [-0.2, 0) is 4.79 Å². The zero-order valence-corrected chi connectivity index (χ0v) is 5.41. The number of halogens is 5. The molecule has 0 aromatic rings. The van der Waals surface area contributed by atoms with Crippen LogP contribution in [0.25, 0.3) is 0 Å². The monoisotopic (exact) mass is 189 g/mol. The van der Waals surface area contributed by atoms with Crippen LogP contribution in [0.2, 0.25) is 0 Å². The first-order chi connectivity index (χ1) is 5.10. The topological polar surface area (TPSA) is 40.1 Å². The van der Waals surface area contributed by atoms with Gasteiger partial charge in [0.2, 0.25) is 0 Å². The Labute approximate surface area is 63.3 Å². The lowest BCUT2D eigenvalue weighted by Gasteiger charge is -2.21. The van der Waals surface area contributed by atoms with E-state index < -0.39 is 23.6 Å². The number of aliphatic carboxylic acids is 1. The van der Waals surface area contributed by atoms with Crippen molar-refractivity contribution in [2.45, 2.75) is 12.1 Å². The molecule has 0 spiro atoms. The normalized spacial score (nSPS) is 12.8. The van der Waals surface area contributed by atoms with E-state index in [1.807, 2.05) is 0 Å². The van der Waals surface area contributed by atoms with Crippen LogP contribution in [0.3, 0.4) is 0 Å². The SMILES string of the molecule is C=C(C(=O)[O-])C(F)(F)C(F)(F)F. The Hall–Kier alpha value is -1.14. The number of hydrogen-bond donors (Lipinski definition) is 0. The van der Waals surface area contributed by atoms with Gasteiger partial charge in [-0.2, -0.15) is 22.0 Å². The number of carboxylic acid groups (broad SMARTS) is 1. The van der Waals surface area contributed by atoms with Crippen LogP contribution < -0.4 is 5.11 Å². The van der Waals surface area contributed by atoms with Gasteiger partial charge in [0.25, 0.3) is 0 Å². The third-order valence-corrected chi connectivity index (χ3v) is 0.981. The van der Waals surface area contributed by atoms with E-state index in [4.69, 9.17) is 0 Å².